The Labute approximate surface area is 126 Å². The molecule has 0 aliphatic carbocycles. The van der Waals surface area contributed by atoms with Crippen LogP contribution in [0.15, 0.2) is 36.1 Å². The summed E-state index contributed by atoms with van der Waals surface area (Å²) in [6.07, 6.45) is 4.55. The van der Waals surface area contributed by atoms with Gasteiger partial charge in [-0.25, -0.2) is 0 Å². The predicted molar refractivity (Wildman–Crippen MR) is 76.8 cm³/mol. The number of allylic oxidation sites excluding steroid dienone is 2. The number of fused-ring (bicyclic) bond motifs is 1. The third kappa shape index (κ3) is 2.68. The molecule has 8 heteroatoms. The largest absolute Gasteiger partial charge is 0.623 e. The number of halogens is 1. The lowest BCUT2D eigenvalue weighted by Gasteiger charge is -2.21. The van der Waals surface area contributed by atoms with Crippen molar-refractivity contribution in [3.05, 3.63) is 51.9 Å². The summed E-state index contributed by atoms with van der Waals surface area (Å²) in [6.45, 7) is 0.126. The molecule has 2 heterocycles. The average molecular weight is 328 g/mol. The molecule has 1 unspecified atom stereocenters. The number of rotatable bonds is 2. The third-order valence-electron chi connectivity index (χ3n) is 3.15. The van der Waals surface area contributed by atoms with E-state index in [1.54, 1.807) is 18.2 Å². The molecule has 21 heavy (non-hydrogen) atoms. The van der Waals surface area contributed by atoms with Crippen LogP contribution < -0.4 is 14.5 Å². The highest BCUT2D eigenvalue weighted by molar-refractivity contribution is 7.72. The van der Waals surface area contributed by atoms with Gasteiger partial charge in [-0.15, -0.1) is 0 Å². The quantitative estimate of drug-likeness (QED) is 0.630. The van der Waals surface area contributed by atoms with Gasteiger partial charge in [-0.1, -0.05) is 11.6 Å². The number of hydrogen-bond acceptors (Lipinski definition) is 5. The summed E-state index contributed by atoms with van der Waals surface area (Å²) in [5.41, 5.74) is 1.06. The lowest BCUT2D eigenvalue weighted by molar-refractivity contribution is -0.680. The molecule has 0 spiro atoms. The van der Waals surface area contributed by atoms with Crippen LogP contribution in [-0.4, -0.2) is 20.2 Å². The van der Waals surface area contributed by atoms with E-state index in [2.05, 4.69) is 0 Å². The van der Waals surface area contributed by atoms with E-state index in [-0.39, 0.29) is 18.2 Å². The van der Waals surface area contributed by atoms with Gasteiger partial charge in [0.25, 0.3) is 15.3 Å². The molecule has 1 aromatic carbocycles. The molecule has 1 N–H and O–H groups in total. The minimum absolute atomic E-state index is 0.126. The maximum Gasteiger partial charge on any atom is 0.277 e. The Morgan fingerprint density at radius 3 is 2.71 bits per heavy atom. The molecule has 0 bridgehead atoms. The molecular weight excluding hydrogens is 318 g/mol. The Hall–Kier alpha value is -1.80. The number of quaternary nitrogens is 1. The molecule has 0 fully saturated rings. The van der Waals surface area contributed by atoms with Crippen molar-refractivity contribution in [2.75, 3.05) is 6.79 Å². The minimum atomic E-state index is -2.59. The van der Waals surface area contributed by atoms with Crippen molar-refractivity contribution in [3.63, 3.8) is 0 Å². The predicted octanol–water partition coefficient (Wildman–Crippen LogP) is 0.457. The van der Waals surface area contributed by atoms with E-state index in [1.165, 1.54) is 12.3 Å². The van der Waals surface area contributed by atoms with Crippen LogP contribution in [-0.2, 0) is 16.7 Å². The molecule has 0 saturated carbocycles. The van der Waals surface area contributed by atoms with Crippen molar-refractivity contribution < 1.29 is 23.0 Å². The first-order chi connectivity index (χ1) is 10.1. The van der Waals surface area contributed by atoms with Crippen molar-refractivity contribution >= 4 is 26.9 Å². The molecule has 0 saturated heterocycles. The topological polar surface area (TPSA) is 80.1 Å². The normalized spacial score (nSPS) is 19.6. The Morgan fingerprint density at radius 1 is 1.29 bits per heavy atom. The highest BCUT2D eigenvalue weighted by Crippen LogP contribution is 2.37. The molecule has 0 amide bonds. The van der Waals surface area contributed by atoms with Crippen LogP contribution in [0.4, 0.5) is 0 Å². The zero-order valence-electron chi connectivity index (χ0n) is 10.6. The molecule has 3 rings (SSSR count). The second kappa shape index (κ2) is 5.53. The monoisotopic (exact) mass is 327 g/mol. The van der Waals surface area contributed by atoms with Gasteiger partial charge in [0.1, 0.15) is 6.20 Å². The minimum Gasteiger partial charge on any atom is -0.623 e. The summed E-state index contributed by atoms with van der Waals surface area (Å²) >= 11 is 6.16. The van der Waals surface area contributed by atoms with Crippen molar-refractivity contribution in [3.8, 4) is 11.5 Å². The number of benzene rings is 1. The van der Waals surface area contributed by atoms with Crippen LogP contribution >= 0.6 is 11.6 Å². The summed E-state index contributed by atoms with van der Waals surface area (Å²) < 4.78 is 32.9. The zero-order valence-corrected chi connectivity index (χ0v) is 12.2. The third-order valence-corrected chi connectivity index (χ3v) is 4.30. The van der Waals surface area contributed by atoms with Gasteiger partial charge >= 0.3 is 0 Å². The second-order valence-electron chi connectivity index (χ2n) is 4.45. The molecule has 1 atom stereocenters. The van der Waals surface area contributed by atoms with Gasteiger partial charge in [-0.2, -0.15) is 8.42 Å². The van der Waals surface area contributed by atoms with Gasteiger partial charge < -0.3 is 19.7 Å². The van der Waals surface area contributed by atoms with Crippen LogP contribution in [0.3, 0.4) is 0 Å². The van der Waals surface area contributed by atoms with Gasteiger partial charge in [-0.3, -0.25) is 0 Å². The molecule has 2 aliphatic rings. The van der Waals surface area contributed by atoms with E-state index in [0.29, 0.717) is 27.7 Å². The fourth-order valence-corrected chi connectivity index (χ4v) is 3.00. The van der Waals surface area contributed by atoms with Gasteiger partial charge in [0.15, 0.2) is 11.5 Å². The molecule has 1 aromatic rings. The lowest BCUT2D eigenvalue weighted by atomic mass is 10.0. The van der Waals surface area contributed by atoms with Crippen molar-refractivity contribution in [1.29, 1.82) is 0 Å². The standard InChI is InChI=1S/C13H10ClNO5S/c14-10-6-12-11(19-7-20-12)5-9(10)4-8-2-1-3-15(16)13(8)21(17)18/h1-3,5-6,15H,4,7H2. The summed E-state index contributed by atoms with van der Waals surface area (Å²) in [5, 5.41) is 11.6. The van der Waals surface area contributed by atoms with Crippen LogP contribution in [0.1, 0.15) is 5.56 Å². The van der Waals surface area contributed by atoms with E-state index in [1.807, 2.05) is 0 Å². The molecule has 6 nitrogen and oxygen atoms in total. The van der Waals surface area contributed by atoms with Crippen molar-refractivity contribution in [2.45, 2.75) is 6.42 Å². The molecule has 0 radical (unpaired) electrons. The molecule has 110 valence electrons. The molecule has 2 aliphatic heterocycles. The number of ether oxygens (including phenoxy) is 2. The first kappa shape index (κ1) is 14.2. The van der Waals surface area contributed by atoms with E-state index in [4.69, 9.17) is 21.1 Å². The van der Waals surface area contributed by atoms with Crippen LogP contribution in [0.5, 0.6) is 11.5 Å². The Morgan fingerprint density at radius 2 is 2.00 bits per heavy atom. The smallest absolute Gasteiger partial charge is 0.277 e. The van der Waals surface area contributed by atoms with Crippen molar-refractivity contribution in [2.24, 2.45) is 0 Å². The van der Waals surface area contributed by atoms with E-state index >= 15 is 0 Å². The van der Waals surface area contributed by atoms with E-state index in [9.17, 15) is 13.6 Å². The van der Waals surface area contributed by atoms with Gasteiger partial charge in [0.2, 0.25) is 6.79 Å². The highest BCUT2D eigenvalue weighted by atomic mass is 35.5. The fraction of sp³-hybridized carbons (Fsp3) is 0.154. The number of nitrogens with one attached hydrogen (secondary N) is 1. The van der Waals surface area contributed by atoms with Gasteiger partial charge in [-0.05, 0) is 23.8 Å². The van der Waals surface area contributed by atoms with E-state index < -0.39 is 15.4 Å². The lowest BCUT2D eigenvalue weighted by Crippen LogP contribution is -3.06. The SMILES string of the molecule is O=S(=O)=C1C(Cc2cc3c(cc2Cl)OCO3)=CC=C[NH+]1[O-]. The van der Waals surface area contributed by atoms with Crippen LogP contribution in [0.2, 0.25) is 5.02 Å². The maximum absolute atomic E-state index is 11.7. The Kier molecular flexibility index (Phi) is 3.73. The first-order valence-electron chi connectivity index (χ1n) is 6.02. The molecular formula is C13H10ClNO5S. The summed E-state index contributed by atoms with van der Waals surface area (Å²) in [6, 6.07) is 3.31. The maximum atomic E-state index is 11.7. The summed E-state index contributed by atoms with van der Waals surface area (Å²) in [7, 11) is -2.59. The summed E-state index contributed by atoms with van der Waals surface area (Å²) in [5.74, 6) is 1.10. The fourth-order valence-electron chi connectivity index (χ4n) is 2.19. The molecule has 0 aromatic heterocycles. The van der Waals surface area contributed by atoms with Gasteiger partial charge in [0.05, 0.1) is 0 Å². The number of hydrogen-bond donors (Lipinski definition) is 1. The zero-order chi connectivity index (χ0) is 15.0. The summed E-state index contributed by atoms with van der Waals surface area (Å²) in [4.78, 5) is -0.230. The van der Waals surface area contributed by atoms with E-state index in [0.717, 1.165) is 0 Å². The first-order valence-corrected chi connectivity index (χ1v) is 7.47. The average Bonchev–Trinajstić information content (AvgIpc) is 2.85. The van der Waals surface area contributed by atoms with Crippen LogP contribution in [0.25, 0.3) is 0 Å². The van der Waals surface area contributed by atoms with Gasteiger partial charge in [0, 0.05) is 23.1 Å². The number of hydroxylamine groups is 2. The Bertz CT molecular complexity index is 789. The second-order valence-corrected chi connectivity index (χ2v) is 5.74. The van der Waals surface area contributed by atoms with Crippen LogP contribution in [0, 0.1) is 5.21 Å². The van der Waals surface area contributed by atoms with Crippen molar-refractivity contribution in [1.82, 2.24) is 0 Å². The Balaban J connectivity index is 1.99. The highest BCUT2D eigenvalue weighted by Gasteiger charge is 2.22.